The molecule has 1 saturated heterocycles. The molecular weight excluding hydrogens is 402 g/mol. The zero-order valence-corrected chi connectivity index (χ0v) is 19.3. The molecule has 10 nitrogen and oxygen atoms in total. The number of nitrogens with two attached hydrogens (primary N) is 3. The first-order valence-electron chi connectivity index (χ1n) is 10.9. The van der Waals surface area contributed by atoms with Gasteiger partial charge in [0, 0.05) is 6.54 Å². The first-order valence-corrected chi connectivity index (χ1v) is 10.9. The van der Waals surface area contributed by atoms with Crippen LogP contribution < -0.4 is 22.5 Å². The third-order valence-corrected chi connectivity index (χ3v) is 5.17. The lowest BCUT2D eigenvalue weighted by Gasteiger charge is -2.29. The van der Waals surface area contributed by atoms with Gasteiger partial charge in [0.05, 0.1) is 6.04 Å². The maximum Gasteiger partial charge on any atom is 0.323 e. The van der Waals surface area contributed by atoms with Crippen molar-refractivity contribution in [3.05, 3.63) is 0 Å². The Morgan fingerprint density at radius 1 is 1.10 bits per heavy atom. The largest absolute Gasteiger partial charge is 0.459 e. The minimum atomic E-state index is -0.809. The van der Waals surface area contributed by atoms with Crippen molar-refractivity contribution >= 4 is 23.7 Å². The molecule has 4 atom stereocenters. The standard InChI is InChI=1S/C21H39N5O5/c1-12(2)16(17(24)27)25-18(28)15-10-7-11-26(15)19(29)13(22)8-6-9-14(23)20(30)31-21(3,4)5/h12-16H,6-11,22-23H2,1-5H3,(H2,24,27)(H,25,28)/t13-,14?,15-,16-/m0/s1. The van der Waals surface area contributed by atoms with Crippen LogP contribution in [0.25, 0.3) is 0 Å². The van der Waals surface area contributed by atoms with Crippen LogP contribution in [0.3, 0.4) is 0 Å². The monoisotopic (exact) mass is 441 g/mol. The molecule has 3 amide bonds. The number of esters is 1. The van der Waals surface area contributed by atoms with Crippen molar-refractivity contribution < 1.29 is 23.9 Å². The summed E-state index contributed by atoms with van der Waals surface area (Å²) in [5.41, 5.74) is 16.7. The third kappa shape index (κ3) is 8.45. The minimum absolute atomic E-state index is 0.163. The highest BCUT2D eigenvalue weighted by Gasteiger charge is 2.37. The molecule has 0 saturated carbocycles. The second kappa shape index (κ2) is 11.4. The maximum absolute atomic E-state index is 12.8. The lowest BCUT2D eigenvalue weighted by molar-refractivity contribution is -0.156. The number of amides is 3. The van der Waals surface area contributed by atoms with E-state index in [4.69, 9.17) is 21.9 Å². The van der Waals surface area contributed by atoms with Crippen LogP contribution in [-0.2, 0) is 23.9 Å². The molecule has 1 rings (SSSR count). The predicted molar refractivity (Wildman–Crippen MR) is 116 cm³/mol. The van der Waals surface area contributed by atoms with Crippen molar-refractivity contribution in [2.24, 2.45) is 23.1 Å². The Hall–Kier alpha value is -2.20. The Bertz CT molecular complexity index is 661. The van der Waals surface area contributed by atoms with E-state index in [-0.39, 0.29) is 11.8 Å². The van der Waals surface area contributed by atoms with Crippen LogP contribution in [0.4, 0.5) is 0 Å². The highest BCUT2D eigenvalue weighted by Crippen LogP contribution is 2.20. The highest BCUT2D eigenvalue weighted by atomic mass is 16.6. The van der Waals surface area contributed by atoms with E-state index in [1.54, 1.807) is 34.6 Å². The number of likely N-dealkylation sites (tertiary alicyclic amines) is 1. The lowest BCUT2D eigenvalue weighted by atomic mass is 10.0. The van der Waals surface area contributed by atoms with E-state index in [0.717, 1.165) is 0 Å². The number of nitrogens with one attached hydrogen (secondary N) is 1. The molecule has 1 aliphatic rings. The van der Waals surface area contributed by atoms with Crippen molar-refractivity contribution in [2.45, 2.75) is 96.5 Å². The summed E-state index contributed by atoms with van der Waals surface area (Å²) in [4.78, 5) is 50.5. The average molecular weight is 442 g/mol. The molecule has 1 aliphatic heterocycles. The zero-order valence-electron chi connectivity index (χ0n) is 19.3. The van der Waals surface area contributed by atoms with Crippen molar-refractivity contribution in [2.75, 3.05) is 6.54 Å². The third-order valence-electron chi connectivity index (χ3n) is 5.17. The Balaban J connectivity index is 2.59. The highest BCUT2D eigenvalue weighted by molar-refractivity contribution is 5.93. The van der Waals surface area contributed by atoms with Gasteiger partial charge < -0.3 is 32.2 Å². The number of primary amides is 1. The molecule has 10 heteroatoms. The smallest absolute Gasteiger partial charge is 0.323 e. The maximum atomic E-state index is 12.8. The molecule has 1 fully saturated rings. The first kappa shape index (κ1) is 26.8. The fraction of sp³-hybridized carbons (Fsp3) is 0.810. The number of carbonyl (C=O) groups is 4. The van der Waals surface area contributed by atoms with E-state index >= 15 is 0 Å². The van der Waals surface area contributed by atoms with E-state index in [0.29, 0.717) is 38.6 Å². The van der Waals surface area contributed by atoms with Crippen LogP contribution in [-0.4, -0.2) is 64.9 Å². The lowest BCUT2D eigenvalue weighted by Crippen LogP contribution is -2.55. The molecule has 0 aromatic carbocycles. The number of nitrogens with zero attached hydrogens (tertiary/aromatic N) is 1. The van der Waals surface area contributed by atoms with E-state index < -0.39 is 47.6 Å². The van der Waals surface area contributed by atoms with Crippen LogP contribution in [0.2, 0.25) is 0 Å². The molecule has 0 aliphatic carbocycles. The van der Waals surface area contributed by atoms with Crippen molar-refractivity contribution in [3.63, 3.8) is 0 Å². The topological polar surface area (TPSA) is 171 Å². The number of rotatable bonds is 10. The van der Waals surface area contributed by atoms with Gasteiger partial charge >= 0.3 is 5.97 Å². The Labute approximate surface area is 184 Å². The average Bonchev–Trinajstić information content (AvgIpc) is 3.12. The molecule has 0 aromatic rings. The normalized spacial score (nSPS) is 19.6. The zero-order chi connectivity index (χ0) is 23.9. The minimum Gasteiger partial charge on any atom is -0.459 e. The van der Waals surface area contributed by atoms with Gasteiger partial charge in [-0.05, 0) is 58.8 Å². The number of hydrogen-bond acceptors (Lipinski definition) is 7. The summed E-state index contributed by atoms with van der Waals surface area (Å²) in [6, 6.07) is -3.07. The van der Waals surface area contributed by atoms with Gasteiger partial charge in [-0.2, -0.15) is 0 Å². The van der Waals surface area contributed by atoms with Gasteiger partial charge in [0.25, 0.3) is 0 Å². The summed E-state index contributed by atoms with van der Waals surface area (Å²) in [5, 5.41) is 2.65. The molecule has 31 heavy (non-hydrogen) atoms. The summed E-state index contributed by atoms with van der Waals surface area (Å²) in [5.74, 6) is -2.00. The second-order valence-corrected chi connectivity index (χ2v) is 9.50. The number of ether oxygens (including phenoxy) is 1. The molecule has 178 valence electrons. The van der Waals surface area contributed by atoms with Crippen LogP contribution in [0.1, 0.15) is 66.7 Å². The fourth-order valence-corrected chi connectivity index (χ4v) is 3.51. The van der Waals surface area contributed by atoms with Gasteiger partial charge in [-0.15, -0.1) is 0 Å². The summed E-state index contributed by atoms with van der Waals surface area (Å²) < 4.78 is 5.24. The molecule has 0 spiro atoms. The molecule has 0 radical (unpaired) electrons. The number of carbonyl (C=O) groups excluding carboxylic acids is 4. The van der Waals surface area contributed by atoms with Crippen molar-refractivity contribution in [3.8, 4) is 0 Å². The Morgan fingerprint density at radius 2 is 1.68 bits per heavy atom. The van der Waals surface area contributed by atoms with Gasteiger partial charge in [-0.1, -0.05) is 13.8 Å². The van der Waals surface area contributed by atoms with E-state index in [9.17, 15) is 19.2 Å². The second-order valence-electron chi connectivity index (χ2n) is 9.50. The van der Waals surface area contributed by atoms with Crippen LogP contribution in [0.5, 0.6) is 0 Å². The molecule has 7 N–H and O–H groups in total. The SMILES string of the molecule is CC(C)[C@H](NC(=O)[C@@H]1CCCN1C(=O)[C@@H](N)CCCC(N)C(=O)OC(C)(C)C)C(N)=O. The van der Waals surface area contributed by atoms with Crippen LogP contribution in [0.15, 0.2) is 0 Å². The van der Waals surface area contributed by atoms with Crippen LogP contribution in [0, 0.1) is 5.92 Å². The molecule has 0 bridgehead atoms. The van der Waals surface area contributed by atoms with Crippen molar-refractivity contribution in [1.82, 2.24) is 10.2 Å². The molecular formula is C21H39N5O5. The van der Waals surface area contributed by atoms with Gasteiger partial charge in [0.15, 0.2) is 0 Å². The summed E-state index contributed by atoms with van der Waals surface area (Å²) in [7, 11) is 0. The van der Waals surface area contributed by atoms with E-state index in [1.807, 2.05) is 0 Å². The van der Waals surface area contributed by atoms with E-state index in [2.05, 4.69) is 5.32 Å². The molecule has 1 unspecified atom stereocenters. The van der Waals surface area contributed by atoms with Gasteiger partial charge in [-0.25, -0.2) is 0 Å². The van der Waals surface area contributed by atoms with Gasteiger partial charge in [0.2, 0.25) is 17.7 Å². The quantitative estimate of drug-likeness (QED) is 0.339. The molecule has 0 aromatic heterocycles. The van der Waals surface area contributed by atoms with E-state index in [1.165, 1.54) is 4.90 Å². The fourth-order valence-electron chi connectivity index (χ4n) is 3.51. The molecule has 1 heterocycles. The van der Waals surface area contributed by atoms with Gasteiger partial charge in [0.1, 0.15) is 23.7 Å². The predicted octanol–water partition coefficient (Wildman–Crippen LogP) is -0.230. The number of hydrogen-bond donors (Lipinski definition) is 4. The summed E-state index contributed by atoms with van der Waals surface area (Å²) >= 11 is 0. The summed E-state index contributed by atoms with van der Waals surface area (Å²) in [6.07, 6.45) is 2.31. The Kier molecular flexibility index (Phi) is 9.89. The first-order chi connectivity index (χ1) is 14.2. The van der Waals surface area contributed by atoms with Gasteiger partial charge in [-0.3, -0.25) is 19.2 Å². The summed E-state index contributed by atoms with van der Waals surface area (Å²) in [6.45, 7) is 9.28. The Morgan fingerprint density at radius 3 is 2.19 bits per heavy atom. The van der Waals surface area contributed by atoms with Crippen molar-refractivity contribution in [1.29, 1.82) is 0 Å². The van der Waals surface area contributed by atoms with Crippen LogP contribution >= 0.6 is 0 Å².